The van der Waals surface area contributed by atoms with E-state index in [1.807, 2.05) is 18.6 Å². The average molecular weight is 380 g/mol. The highest BCUT2D eigenvalue weighted by atomic mass is 32.2. The molecule has 7 nitrogen and oxygen atoms in total. The van der Waals surface area contributed by atoms with Gasteiger partial charge in [-0.05, 0) is 48.6 Å². The summed E-state index contributed by atoms with van der Waals surface area (Å²) in [6, 6.07) is 5.68. The number of anilines is 1. The van der Waals surface area contributed by atoms with Crippen LogP contribution in [0.3, 0.4) is 0 Å². The average Bonchev–Trinajstić information content (AvgIpc) is 3.00. The molecule has 0 spiro atoms. The minimum Gasteiger partial charge on any atom is -0.478 e. The van der Waals surface area contributed by atoms with Gasteiger partial charge in [-0.15, -0.1) is 11.3 Å². The second kappa shape index (κ2) is 6.49. The van der Waals surface area contributed by atoms with Crippen molar-refractivity contribution in [1.82, 2.24) is 4.72 Å². The molecule has 9 heteroatoms. The molecule has 0 radical (unpaired) electrons. The quantitative estimate of drug-likeness (QED) is 0.847. The van der Waals surface area contributed by atoms with Gasteiger partial charge in [0.15, 0.2) is 6.10 Å². The summed E-state index contributed by atoms with van der Waals surface area (Å²) in [4.78, 5) is 24.1. The van der Waals surface area contributed by atoms with E-state index in [4.69, 9.17) is 4.74 Å². The topological polar surface area (TPSA) is 102 Å². The van der Waals surface area contributed by atoms with Crippen molar-refractivity contribution in [3.8, 4) is 5.75 Å². The van der Waals surface area contributed by atoms with Crippen molar-refractivity contribution in [1.29, 1.82) is 0 Å². The van der Waals surface area contributed by atoms with Gasteiger partial charge in [0.25, 0.3) is 21.8 Å². The highest BCUT2D eigenvalue weighted by molar-refractivity contribution is 7.90. The van der Waals surface area contributed by atoms with Crippen molar-refractivity contribution in [3.05, 3.63) is 40.1 Å². The Hall–Kier alpha value is -2.39. The van der Waals surface area contributed by atoms with Crippen molar-refractivity contribution >= 4 is 38.9 Å². The summed E-state index contributed by atoms with van der Waals surface area (Å²) < 4.78 is 32.4. The smallest absolute Gasteiger partial charge is 0.275 e. The molecule has 0 saturated carbocycles. The van der Waals surface area contributed by atoms with E-state index in [1.165, 1.54) is 29.5 Å². The number of amides is 2. The second-order valence-electron chi connectivity index (χ2n) is 5.58. The first-order valence-corrected chi connectivity index (χ1v) is 9.90. The summed E-state index contributed by atoms with van der Waals surface area (Å²) in [7, 11) is -4.07. The van der Waals surface area contributed by atoms with Gasteiger partial charge in [-0.2, -0.15) is 0 Å². The lowest BCUT2D eigenvalue weighted by Crippen LogP contribution is -2.36. The summed E-state index contributed by atoms with van der Waals surface area (Å²) in [5, 5.41) is 4.38. The summed E-state index contributed by atoms with van der Waals surface area (Å²) in [5.41, 5.74) is 1.14. The molecule has 1 aliphatic rings. The van der Waals surface area contributed by atoms with Gasteiger partial charge in [0, 0.05) is 0 Å². The second-order valence-corrected chi connectivity index (χ2v) is 8.18. The third-order valence-corrected chi connectivity index (χ3v) is 6.01. The number of aryl methyl sites for hydroxylation is 1. The number of ether oxygens (including phenoxy) is 1. The Morgan fingerprint density at radius 1 is 1.36 bits per heavy atom. The molecule has 0 saturated heterocycles. The third-order valence-electron chi connectivity index (χ3n) is 3.63. The van der Waals surface area contributed by atoms with E-state index < -0.39 is 22.0 Å². The standard InChI is InChI=1S/C16H16N2O5S2/c1-3-12-15(19)17-11-7-10(4-5-13(11)23-12)25(21,22)18-16(20)14-6-9(2)8-24-14/h4-8,12H,3H2,1-2H3,(H,17,19)(H,18,20)/t12-/m1/s1. The molecule has 0 bridgehead atoms. The Morgan fingerprint density at radius 3 is 2.76 bits per heavy atom. The Kier molecular flexibility index (Phi) is 4.53. The van der Waals surface area contributed by atoms with E-state index in [2.05, 4.69) is 5.32 Å². The molecule has 2 heterocycles. The maximum atomic E-state index is 12.4. The van der Waals surface area contributed by atoms with Crippen LogP contribution in [0.1, 0.15) is 28.6 Å². The zero-order valence-corrected chi connectivity index (χ0v) is 15.2. The Balaban J connectivity index is 1.85. The van der Waals surface area contributed by atoms with E-state index in [-0.39, 0.29) is 16.5 Å². The van der Waals surface area contributed by atoms with Crippen molar-refractivity contribution in [2.45, 2.75) is 31.3 Å². The number of hydrogen-bond acceptors (Lipinski definition) is 6. The number of nitrogens with one attached hydrogen (secondary N) is 2. The molecule has 2 N–H and O–H groups in total. The number of hydrogen-bond donors (Lipinski definition) is 2. The fraction of sp³-hybridized carbons (Fsp3) is 0.250. The number of carbonyl (C=O) groups is 2. The van der Waals surface area contributed by atoms with Crippen molar-refractivity contribution in [3.63, 3.8) is 0 Å². The Morgan fingerprint density at radius 2 is 2.12 bits per heavy atom. The van der Waals surface area contributed by atoms with E-state index in [1.54, 1.807) is 11.4 Å². The van der Waals surface area contributed by atoms with Crippen LogP contribution >= 0.6 is 11.3 Å². The molecule has 0 fully saturated rings. The monoisotopic (exact) mass is 380 g/mol. The Labute approximate surface area is 149 Å². The van der Waals surface area contributed by atoms with Crippen LogP contribution in [0.4, 0.5) is 5.69 Å². The molecule has 2 amide bonds. The predicted molar refractivity (Wildman–Crippen MR) is 93.5 cm³/mol. The van der Waals surface area contributed by atoms with Crippen molar-refractivity contribution in [2.75, 3.05) is 5.32 Å². The van der Waals surface area contributed by atoms with Gasteiger partial charge in [0.1, 0.15) is 5.75 Å². The molecule has 0 aliphatic carbocycles. The molecule has 1 aliphatic heterocycles. The molecule has 1 atom stereocenters. The first-order chi connectivity index (χ1) is 11.8. The van der Waals surface area contributed by atoms with E-state index >= 15 is 0 Å². The lowest BCUT2D eigenvalue weighted by atomic mass is 10.2. The van der Waals surface area contributed by atoms with Crippen LogP contribution in [0.15, 0.2) is 34.5 Å². The largest absolute Gasteiger partial charge is 0.478 e. The predicted octanol–water partition coefficient (Wildman–Crippen LogP) is 2.28. The molecule has 0 unspecified atom stereocenters. The van der Waals surface area contributed by atoms with E-state index in [0.29, 0.717) is 17.0 Å². The van der Waals surface area contributed by atoms with Gasteiger partial charge >= 0.3 is 0 Å². The molecule has 25 heavy (non-hydrogen) atoms. The fourth-order valence-corrected chi connectivity index (χ4v) is 4.20. The highest BCUT2D eigenvalue weighted by Crippen LogP contribution is 2.32. The van der Waals surface area contributed by atoms with Gasteiger partial charge < -0.3 is 10.1 Å². The zero-order valence-electron chi connectivity index (χ0n) is 13.5. The minimum atomic E-state index is -4.07. The maximum Gasteiger partial charge on any atom is 0.275 e. The van der Waals surface area contributed by atoms with Gasteiger partial charge in [0.05, 0.1) is 15.5 Å². The number of thiophene rings is 1. The normalized spacial score (nSPS) is 16.6. The lowest BCUT2D eigenvalue weighted by molar-refractivity contribution is -0.123. The van der Waals surface area contributed by atoms with Crippen molar-refractivity contribution < 1.29 is 22.7 Å². The molecule has 2 aromatic rings. The van der Waals surface area contributed by atoms with E-state index in [0.717, 1.165) is 5.56 Å². The summed E-state index contributed by atoms with van der Waals surface area (Å²) in [6.07, 6.45) is -0.0987. The molecular weight excluding hydrogens is 364 g/mol. The highest BCUT2D eigenvalue weighted by Gasteiger charge is 2.28. The Bertz CT molecular complexity index is 949. The maximum absolute atomic E-state index is 12.4. The first kappa shape index (κ1) is 17.4. The molecule has 1 aromatic heterocycles. The molecule has 3 rings (SSSR count). The van der Waals surface area contributed by atoms with Crippen molar-refractivity contribution in [2.24, 2.45) is 0 Å². The number of rotatable bonds is 4. The minimum absolute atomic E-state index is 0.133. The fourth-order valence-electron chi connectivity index (χ4n) is 2.35. The molecule has 132 valence electrons. The van der Waals surface area contributed by atoms with Crippen LogP contribution in [0, 0.1) is 6.92 Å². The summed E-state index contributed by atoms with van der Waals surface area (Å²) >= 11 is 1.17. The summed E-state index contributed by atoms with van der Waals surface area (Å²) in [5.74, 6) is -0.629. The lowest BCUT2D eigenvalue weighted by Gasteiger charge is -2.25. The van der Waals surface area contributed by atoms with Crippen LogP contribution < -0.4 is 14.8 Å². The SMILES string of the molecule is CC[C@H]1Oc2ccc(S(=O)(=O)NC(=O)c3cc(C)cs3)cc2NC1=O. The number of benzene rings is 1. The summed E-state index contributed by atoms with van der Waals surface area (Å²) in [6.45, 7) is 3.63. The van der Waals surface area contributed by atoms with Gasteiger partial charge in [-0.1, -0.05) is 6.92 Å². The van der Waals surface area contributed by atoms with E-state index in [9.17, 15) is 18.0 Å². The number of carbonyl (C=O) groups excluding carboxylic acids is 2. The van der Waals surface area contributed by atoms with Gasteiger partial charge in [-0.25, -0.2) is 13.1 Å². The zero-order chi connectivity index (χ0) is 18.2. The third kappa shape index (κ3) is 3.52. The van der Waals surface area contributed by atoms with Crippen LogP contribution in [-0.2, 0) is 14.8 Å². The molecule has 1 aromatic carbocycles. The van der Waals surface area contributed by atoms with Crippen LogP contribution in [0.25, 0.3) is 0 Å². The van der Waals surface area contributed by atoms with Crippen LogP contribution in [0.2, 0.25) is 0 Å². The van der Waals surface area contributed by atoms with Crippen LogP contribution in [0.5, 0.6) is 5.75 Å². The van der Waals surface area contributed by atoms with Gasteiger partial charge in [-0.3, -0.25) is 9.59 Å². The number of sulfonamides is 1. The number of fused-ring (bicyclic) bond motifs is 1. The molecular formula is C16H16N2O5S2. The first-order valence-electron chi connectivity index (χ1n) is 7.54. The van der Waals surface area contributed by atoms with Crippen LogP contribution in [-0.4, -0.2) is 26.3 Å². The van der Waals surface area contributed by atoms with Gasteiger partial charge in [0.2, 0.25) is 0 Å².